The number of ether oxygens (including phenoxy) is 3. The van der Waals surface area contributed by atoms with E-state index in [1.807, 2.05) is 0 Å². The minimum Gasteiger partial charge on any atom is -0.484 e. The third kappa shape index (κ3) is 9.24. The quantitative estimate of drug-likeness (QED) is 0.0761. The normalized spacial score (nSPS) is 15.0. The smallest absolute Gasteiger partial charge is 0.328 e. The van der Waals surface area contributed by atoms with Crippen LogP contribution in [-0.2, 0) is 50.3 Å². The third-order valence-corrected chi connectivity index (χ3v) is 11.7. The van der Waals surface area contributed by atoms with Crippen molar-refractivity contribution in [3.05, 3.63) is 88.2 Å². The van der Waals surface area contributed by atoms with Crippen molar-refractivity contribution in [2.45, 2.75) is 43.7 Å². The Bertz CT molecular complexity index is 2840. The van der Waals surface area contributed by atoms with Crippen molar-refractivity contribution in [1.29, 1.82) is 0 Å². The highest BCUT2D eigenvalue weighted by molar-refractivity contribution is 7.92. The summed E-state index contributed by atoms with van der Waals surface area (Å²) in [4.78, 5) is 93.0. The van der Waals surface area contributed by atoms with Gasteiger partial charge < -0.3 is 29.4 Å². The number of aryl methyl sites for hydroxylation is 4. The number of piperidine rings is 1. The number of aromatic nitrogens is 4. The molecule has 4 N–H and O–H groups in total. The van der Waals surface area contributed by atoms with E-state index in [2.05, 4.69) is 25.7 Å². The number of carbonyl (C=O) groups excluding carboxylic acids is 6. The van der Waals surface area contributed by atoms with E-state index in [4.69, 9.17) is 14.2 Å². The summed E-state index contributed by atoms with van der Waals surface area (Å²) in [6.45, 7) is 1.44. The Morgan fingerprint density at radius 1 is 0.825 bits per heavy atom. The number of carbonyl (C=O) groups is 6. The first-order valence-electron chi connectivity index (χ1n) is 19.7. The van der Waals surface area contributed by atoms with Crippen LogP contribution in [0.25, 0.3) is 11.0 Å². The van der Waals surface area contributed by atoms with Crippen LogP contribution in [0, 0.1) is 6.92 Å². The Kier molecular flexibility index (Phi) is 12.4. The standard InChI is InChI=1S/C41H43N9O12S/c1-23-44-36(20-47(23)2)63(58,59)46-27-18-29-30(49(4)41(57)48(29)3)19-32(27)62-25-10-7-9-24(17-25)60-21-34(52)42-15-5-6-16-43-35(53)22-61-31-12-8-11-26-37(31)40(56)50(39(26)55)28-13-14-33(51)45-38(28)54/h7-12,17-20,28,46H,5-6,13-16,21-22H2,1-4H3,(H,42,52)(H,43,53)(H,45,51,54). The lowest BCUT2D eigenvalue weighted by molar-refractivity contribution is -0.136. The van der Waals surface area contributed by atoms with Crippen molar-refractivity contribution in [2.24, 2.45) is 21.1 Å². The second-order valence-electron chi connectivity index (χ2n) is 14.8. The lowest BCUT2D eigenvalue weighted by atomic mass is 10.0. The molecule has 4 heterocycles. The van der Waals surface area contributed by atoms with Crippen molar-refractivity contribution in [1.82, 2.24) is 39.5 Å². The summed E-state index contributed by atoms with van der Waals surface area (Å²) >= 11 is 0. The number of anilines is 1. The van der Waals surface area contributed by atoms with Gasteiger partial charge in [-0.1, -0.05) is 12.1 Å². The first-order valence-corrected chi connectivity index (χ1v) is 21.1. The van der Waals surface area contributed by atoms with Gasteiger partial charge in [-0.25, -0.2) is 9.78 Å². The van der Waals surface area contributed by atoms with Gasteiger partial charge in [0, 0.05) is 59.0 Å². The molecule has 0 bridgehead atoms. The molecule has 1 saturated heterocycles. The van der Waals surface area contributed by atoms with Gasteiger partial charge in [-0.3, -0.25) is 52.8 Å². The fraction of sp³-hybridized carbons (Fsp3) is 0.317. The van der Waals surface area contributed by atoms with Crippen LogP contribution in [0.4, 0.5) is 5.69 Å². The molecular weight excluding hydrogens is 843 g/mol. The highest BCUT2D eigenvalue weighted by Gasteiger charge is 2.46. The SMILES string of the molecule is Cc1nc(S(=O)(=O)Nc2cc3c(cc2Oc2cccc(OCC(=O)NCCCCNC(=O)COc4cccc5c4C(=O)N(C4CCC(=O)NC4=O)C5=O)c2)n(C)c(=O)n3C)cn1C. The minimum atomic E-state index is -4.16. The number of amides is 6. The van der Waals surface area contributed by atoms with E-state index >= 15 is 0 Å². The Labute approximate surface area is 359 Å². The molecule has 2 aliphatic rings. The molecule has 1 unspecified atom stereocenters. The maximum absolute atomic E-state index is 13.4. The van der Waals surface area contributed by atoms with Gasteiger partial charge in [0.05, 0.1) is 27.8 Å². The molecule has 2 aromatic heterocycles. The highest BCUT2D eigenvalue weighted by atomic mass is 32.2. The first kappa shape index (κ1) is 43.6. The van der Waals surface area contributed by atoms with Gasteiger partial charge in [0.1, 0.15) is 29.1 Å². The topological polar surface area (TPSA) is 260 Å². The Morgan fingerprint density at radius 2 is 1.48 bits per heavy atom. The summed E-state index contributed by atoms with van der Waals surface area (Å²) in [5.41, 5.74) is 0.640. The van der Waals surface area contributed by atoms with Gasteiger partial charge in [-0.05, 0) is 56.5 Å². The minimum absolute atomic E-state index is 0.00488. The Balaban J connectivity index is 0.863. The number of imidazole rings is 2. The molecule has 0 saturated carbocycles. The Morgan fingerprint density at radius 3 is 2.14 bits per heavy atom. The third-order valence-electron chi connectivity index (χ3n) is 10.4. The van der Waals surface area contributed by atoms with Gasteiger partial charge in [0.25, 0.3) is 33.7 Å². The second kappa shape index (κ2) is 17.8. The average Bonchev–Trinajstić information content (AvgIpc) is 3.80. The van der Waals surface area contributed by atoms with Gasteiger partial charge >= 0.3 is 5.69 Å². The summed E-state index contributed by atoms with van der Waals surface area (Å²) < 4.78 is 51.1. The molecule has 3 aromatic carbocycles. The largest absolute Gasteiger partial charge is 0.484 e. The zero-order valence-corrected chi connectivity index (χ0v) is 35.4. The van der Waals surface area contributed by atoms with Crippen LogP contribution < -0.4 is 40.6 Å². The van der Waals surface area contributed by atoms with Crippen LogP contribution in [0.15, 0.2) is 70.6 Å². The number of hydrogen-bond donors (Lipinski definition) is 4. The van der Waals surface area contributed by atoms with Gasteiger partial charge in [-0.2, -0.15) is 8.42 Å². The zero-order valence-electron chi connectivity index (χ0n) is 34.6. The summed E-state index contributed by atoms with van der Waals surface area (Å²) in [6, 6.07) is 12.6. The number of unbranched alkanes of at least 4 members (excludes halogenated alkanes) is 1. The van der Waals surface area contributed by atoms with Crippen molar-refractivity contribution in [2.75, 3.05) is 31.0 Å². The van der Waals surface area contributed by atoms with Crippen molar-refractivity contribution in [3.8, 4) is 23.0 Å². The number of nitrogens with zero attached hydrogens (tertiary/aromatic N) is 5. The molecular formula is C41H43N9O12S. The molecule has 5 aromatic rings. The van der Waals surface area contributed by atoms with Gasteiger partial charge in [0.15, 0.2) is 24.0 Å². The van der Waals surface area contributed by atoms with E-state index in [0.29, 0.717) is 29.7 Å². The number of nitrogens with one attached hydrogen (secondary N) is 4. The fourth-order valence-electron chi connectivity index (χ4n) is 7.00. The molecule has 0 radical (unpaired) electrons. The second-order valence-corrected chi connectivity index (χ2v) is 16.4. The van der Waals surface area contributed by atoms with Crippen molar-refractivity contribution in [3.63, 3.8) is 0 Å². The van der Waals surface area contributed by atoms with Crippen LogP contribution in [0.1, 0.15) is 52.2 Å². The number of imide groups is 2. The van der Waals surface area contributed by atoms with E-state index in [0.717, 1.165) is 4.90 Å². The monoisotopic (exact) mass is 885 g/mol. The molecule has 330 valence electrons. The fourth-order valence-corrected chi connectivity index (χ4v) is 8.10. The number of hydrogen-bond acceptors (Lipinski definition) is 13. The average molecular weight is 886 g/mol. The van der Waals surface area contributed by atoms with Crippen LogP contribution in [0.2, 0.25) is 0 Å². The van der Waals surface area contributed by atoms with Crippen LogP contribution in [0.3, 0.4) is 0 Å². The number of fused-ring (bicyclic) bond motifs is 2. The lowest BCUT2D eigenvalue weighted by Gasteiger charge is -2.27. The first-order chi connectivity index (χ1) is 30.0. The molecule has 0 aliphatic carbocycles. The summed E-state index contributed by atoms with van der Waals surface area (Å²) in [7, 11) is 0.661. The van der Waals surface area contributed by atoms with E-state index in [1.54, 1.807) is 56.9 Å². The van der Waals surface area contributed by atoms with E-state index < -0.39 is 58.1 Å². The molecule has 2 aliphatic heterocycles. The van der Waals surface area contributed by atoms with E-state index in [9.17, 15) is 42.0 Å². The Hall–Kier alpha value is -7.49. The van der Waals surface area contributed by atoms with Crippen molar-refractivity contribution >= 4 is 62.2 Å². The molecule has 7 rings (SSSR count). The zero-order chi connectivity index (χ0) is 45.2. The molecule has 1 fully saturated rings. The molecule has 63 heavy (non-hydrogen) atoms. The number of rotatable bonds is 17. The predicted octanol–water partition coefficient (Wildman–Crippen LogP) is 1.38. The lowest BCUT2D eigenvalue weighted by Crippen LogP contribution is -2.54. The predicted molar refractivity (Wildman–Crippen MR) is 223 cm³/mol. The number of sulfonamides is 1. The molecule has 1 atom stereocenters. The van der Waals surface area contributed by atoms with Gasteiger partial charge in [0.2, 0.25) is 11.8 Å². The maximum Gasteiger partial charge on any atom is 0.328 e. The highest BCUT2D eigenvalue weighted by Crippen LogP contribution is 2.36. The van der Waals surface area contributed by atoms with Gasteiger partial charge in [-0.15, -0.1) is 0 Å². The van der Waals surface area contributed by atoms with E-state index in [1.165, 1.54) is 45.7 Å². The summed E-state index contributed by atoms with van der Waals surface area (Å²) in [5.74, 6) is -2.43. The van der Waals surface area contributed by atoms with Crippen molar-refractivity contribution < 1.29 is 51.4 Å². The molecule has 0 spiro atoms. The van der Waals surface area contributed by atoms with E-state index in [-0.39, 0.29) is 83.1 Å². The number of benzene rings is 3. The summed E-state index contributed by atoms with van der Waals surface area (Å²) in [5, 5.41) is 7.38. The molecule has 21 nitrogen and oxygen atoms in total. The van der Waals surface area contributed by atoms with Crippen LogP contribution >= 0.6 is 0 Å². The maximum atomic E-state index is 13.4. The molecule has 22 heteroatoms. The van der Waals surface area contributed by atoms with Crippen LogP contribution in [-0.4, -0.2) is 99.8 Å². The summed E-state index contributed by atoms with van der Waals surface area (Å²) in [6.07, 6.45) is 2.38. The van der Waals surface area contributed by atoms with Crippen LogP contribution in [0.5, 0.6) is 23.0 Å². The molecule has 6 amide bonds.